The first-order valence-corrected chi connectivity index (χ1v) is 4.73. The molecular formula is C9H16ClNO2. The Hall–Kier alpha value is -0.540. The molecule has 0 saturated heterocycles. The molecule has 0 aliphatic rings. The van der Waals surface area contributed by atoms with Crippen LogP contribution in [0.2, 0.25) is 0 Å². The van der Waals surface area contributed by atoms with E-state index in [0.717, 1.165) is 18.7 Å². The van der Waals surface area contributed by atoms with E-state index < -0.39 is 5.97 Å². The van der Waals surface area contributed by atoms with Crippen LogP contribution in [-0.4, -0.2) is 35.6 Å². The van der Waals surface area contributed by atoms with Crippen molar-refractivity contribution in [3.05, 3.63) is 11.1 Å². The number of carboxylic acid groups (broad SMARTS) is 1. The predicted octanol–water partition coefficient (Wildman–Crippen LogP) is 1.93. The molecule has 0 aromatic heterocycles. The molecule has 0 bridgehead atoms. The SMILES string of the molecule is CCN(CCC(=O)O)CC(C)=CCl. The van der Waals surface area contributed by atoms with Crippen LogP contribution in [0, 0.1) is 0 Å². The van der Waals surface area contributed by atoms with Gasteiger partial charge in [-0.1, -0.05) is 18.5 Å². The maximum Gasteiger partial charge on any atom is 0.304 e. The number of likely N-dealkylation sites (N-methyl/N-ethyl adjacent to an activating group) is 1. The first kappa shape index (κ1) is 12.5. The Labute approximate surface area is 84.0 Å². The molecule has 0 rings (SSSR count). The van der Waals surface area contributed by atoms with Crippen LogP contribution >= 0.6 is 11.6 Å². The average molecular weight is 206 g/mol. The van der Waals surface area contributed by atoms with Gasteiger partial charge in [0, 0.05) is 18.6 Å². The predicted molar refractivity (Wildman–Crippen MR) is 54.0 cm³/mol. The van der Waals surface area contributed by atoms with Gasteiger partial charge in [-0.25, -0.2) is 0 Å². The summed E-state index contributed by atoms with van der Waals surface area (Å²) in [5.74, 6) is -0.758. The topological polar surface area (TPSA) is 40.5 Å². The van der Waals surface area contributed by atoms with E-state index in [4.69, 9.17) is 16.7 Å². The molecule has 3 nitrogen and oxygen atoms in total. The van der Waals surface area contributed by atoms with E-state index in [2.05, 4.69) is 0 Å². The van der Waals surface area contributed by atoms with E-state index in [-0.39, 0.29) is 6.42 Å². The molecule has 0 fully saturated rings. The van der Waals surface area contributed by atoms with Crippen molar-refractivity contribution in [3.63, 3.8) is 0 Å². The third-order valence-electron chi connectivity index (χ3n) is 1.75. The largest absolute Gasteiger partial charge is 0.481 e. The summed E-state index contributed by atoms with van der Waals surface area (Å²) in [6, 6.07) is 0. The van der Waals surface area contributed by atoms with E-state index in [9.17, 15) is 4.79 Å². The Morgan fingerprint density at radius 2 is 2.23 bits per heavy atom. The van der Waals surface area contributed by atoms with Crippen molar-refractivity contribution in [2.75, 3.05) is 19.6 Å². The molecule has 1 N–H and O–H groups in total. The van der Waals surface area contributed by atoms with Gasteiger partial charge < -0.3 is 5.11 Å². The Bertz CT molecular complexity index is 192. The Morgan fingerprint density at radius 1 is 1.62 bits per heavy atom. The minimum absolute atomic E-state index is 0.184. The highest BCUT2D eigenvalue weighted by Crippen LogP contribution is 2.00. The van der Waals surface area contributed by atoms with Gasteiger partial charge in [-0.05, 0) is 19.0 Å². The highest BCUT2D eigenvalue weighted by Gasteiger charge is 2.05. The minimum atomic E-state index is -0.758. The fourth-order valence-electron chi connectivity index (χ4n) is 0.990. The number of halogens is 1. The molecule has 13 heavy (non-hydrogen) atoms. The van der Waals surface area contributed by atoms with Crippen LogP contribution < -0.4 is 0 Å². The van der Waals surface area contributed by atoms with E-state index in [0.29, 0.717) is 6.54 Å². The lowest BCUT2D eigenvalue weighted by Gasteiger charge is -2.19. The second-order valence-electron chi connectivity index (χ2n) is 2.97. The highest BCUT2D eigenvalue weighted by molar-refractivity contribution is 6.25. The molecule has 0 aromatic rings. The zero-order valence-corrected chi connectivity index (χ0v) is 8.84. The molecule has 0 aromatic carbocycles. The molecule has 0 unspecified atom stereocenters. The van der Waals surface area contributed by atoms with Crippen molar-refractivity contribution in [1.29, 1.82) is 0 Å². The van der Waals surface area contributed by atoms with Crippen LogP contribution in [0.25, 0.3) is 0 Å². The van der Waals surface area contributed by atoms with Gasteiger partial charge in [-0.2, -0.15) is 0 Å². The van der Waals surface area contributed by atoms with Crippen LogP contribution in [0.4, 0.5) is 0 Å². The summed E-state index contributed by atoms with van der Waals surface area (Å²) in [6.07, 6.45) is 0.184. The standard InChI is InChI=1S/C9H16ClNO2/c1-3-11(5-4-9(12)13)7-8(2)6-10/h6H,3-5,7H2,1-2H3,(H,12,13). The highest BCUT2D eigenvalue weighted by atomic mass is 35.5. The number of rotatable bonds is 6. The summed E-state index contributed by atoms with van der Waals surface area (Å²) < 4.78 is 0. The monoisotopic (exact) mass is 205 g/mol. The van der Waals surface area contributed by atoms with Gasteiger partial charge >= 0.3 is 5.97 Å². The van der Waals surface area contributed by atoms with E-state index in [1.54, 1.807) is 0 Å². The molecule has 76 valence electrons. The second-order valence-corrected chi connectivity index (χ2v) is 3.19. The quantitative estimate of drug-likeness (QED) is 0.721. The smallest absolute Gasteiger partial charge is 0.304 e. The van der Waals surface area contributed by atoms with Gasteiger partial charge in [0.15, 0.2) is 0 Å². The summed E-state index contributed by atoms with van der Waals surface area (Å²) >= 11 is 5.51. The molecule has 4 heteroatoms. The van der Waals surface area contributed by atoms with Crippen molar-refractivity contribution in [2.45, 2.75) is 20.3 Å². The number of aliphatic carboxylic acids is 1. The van der Waals surface area contributed by atoms with Gasteiger partial charge in [-0.3, -0.25) is 9.69 Å². The first-order chi connectivity index (χ1) is 6.10. The van der Waals surface area contributed by atoms with Gasteiger partial charge in [0.1, 0.15) is 0 Å². The van der Waals surface area contributed by atoms with Crippen LogP contribution in [0.15, 0.2) is 11.1 Å². The zero-order chi connectivity index (χ0) is 10.3. The number of hydrogen-bond acceptors (Lipinski definition) is 2. The maximum absolute atomic E-state index is 10.3. The van der Waals surface area contributed by atoms with Crippen molar-refractivity contribution >= 4 is 17.6 Å². The fraction of sp³-hybridized carbons (Fsp3) is 0.667. The number of nitrogens with zero attached hydrogens (tertiary/aromatic N) is 1. The fourth-order valence-corrected chi connectivity index (χ4v) is 1.06. The summed E-state index contributed by atoms with van der Waals surface area (Å²) in [5.41, 5.74) is 2.58. The number of hydrogen-bond donors (Lipinski definition) is 1. The Kier molecular flexibility index (Phi) is 6.63. The van der Waals surface area contributed by atoms with E-state index >= 15 is 0 Å². The van der Waals surface area contributed by atoms with Crippen molar-refractivity contribution in [2.24, 2.45) is 0 Å². The van der Waals surface area contributed by atoms with Gasteiger partial charge in [0.2, 0.25) is 0 Å². The lowest BCUT2D eigenvalue weighted by atomic mass is 10.3. The molecule has 0 radical (unpaired) electrons. The lowest BCUT2D eigenvalue weighted by Crippen LogP contribution is -2.27. The third kappa shape index (κ3) is 6.61. The zero-order valence-electron chi connectivity index (χ0n) is 8.09. The van der Waals surface area contributed by atoms with Crippen LogP contribution in [0.3, 0.4) is 0 Å². The molecule has 0 heterocycles. The maximum atomic E-state index is 10.3. The van der Waals surface area contributed by atoms with Crippen LogP contribution in [0.1, 0.15) is 20.3 Å². The van der Waals surface area contributed by atoms with E-state index in [1.165, 1.54) is 5.54 Å². The third-order valence-corrected chi connectivity index (χ3v) is 2.12. The second kappa shape index (κ2) is 6.92. The Morgan fingerprint density at radius 3 is 2.62 bits per heavy atom. The normalized spacial score (nSPS) is 12.2. The van der Waals surface area contributed by atoms with Crippen LogP contribution in [-0.2, 0) is 4.79 Å². The summed E-state index contributed by atoms with van der Waals surface area (Å²) in [6.45, 7) is 6.09. The summed E-state index contributed by atoms with van der Waals surface area (Å²) in [7, 11) is 0. The molecular weight excluding hydrogens is 190 g/mol. The molecule has 0 aliphatic carbocycles. The van der Waals surface area contributed by atoms with Crippen LogP contribution in [0.5, 0.6) is 0 Å². The van der Waals surface area contributed by atoms with Crippen molar-refractivity contribution in [1.82, 2.24) is 4.90 Å². The number of carbonyl (C=O) groups is 1. The lowest BCUT2D eigenvalue weighted by molar-refractivity contribution is -0.137. The average Bonchev–Trinajstić information content (AvgIpc) is 2.11. The first-order valence-electron chi connectivity index (χ1n) is 4.30. The Balaban J connectivity index is 3.82. The summed E-state index contributed by atoms with van der Waals surface area (Å²) in [5, 5.41) is 8.48. The molecule has 0 saturated carbocycles. The van der Waals surface area contributed by atoms with E-state index in [1.807, 2.05) is 18.7 Å². The van der Waals surface area contributed by atoms with Crippen molar-refractivity contribution < 1.29 is 9.90 Å². The molecule has 0 aliphatic heterocycles. The molecule has 0 atom stereocenters. The van der Waals surface area contributed by atoms with Gasteiger partial charge in [-0.15, -0.1) is 0 Å². The van der Waals surface area contributed by atoms with Gasteiger partial charge in [0.05, 0.1) is 6.42 Å². The van der Waals surface area contributed by atoms with Gasteiger partial charge in [0.25, 0.3) is 0 Å². The molecule has 0 spiro atoms. The number of carboxylic acids is 1. The minimum Gasteiger partial charge on any atom is -0.481 e. The summed E-state index contributed by atoms with van der Waals surface area (Å²) in [4.78, 5) is 12.4. The molecule has 0 amide bonds. The van der Waals surface area contributed by atoms with Crippen molar-refractivity contribution in [3.8, 4) is 0 Å².